The Morgan fingerprint density at radius 2 is 0.682 bits per heavy atom. The molecular formula is C18H15Cl2PPd. The molecule has 3 aromatic rings. The van der Waals surface area contributed by atoms with E-state index in [1.165, 1.54) is 0 Å². The van der Waals surface area contributed by atoms with Crippen LogP contribution in [0.4, 0.5) is 0 Å². The van der Waals surface area contributed by atoms with Gasteiger partial charge in [0.2, 0.25) is 0 Å². The van der Waals surface area contributed by atoms with Gasteiger partial charge >= 0.3 is 135 Å². The van der Waals surface area contributed by atoms with Gasteiger partial charge in [-0.2, -0.15) is 0 Å². The molecule has 0 aliphatic rings. The van der Waals surface area contributed by atoms with Crippen molar-refractivity contribution < 1.29 is 20.4 Å². The van der Waals surface area contributed by atoms with E-state index in [1.54, 1.807) is 0 Å². The zero-order chi connectivity index (χ0) is 14.8. The maximum Gasteiger partial charge on any atom is 0 e. The average Bonchev–Trinajstić information content (AvgIpc) is 2.57. The van der Waals surface area contributed by atoms with Gasteiger partial charge in [-0.3, -0.25) is 0 Å². The normalized spacial score (nSPS) is 12.7. The van der Waals surface area contributed by atoms with Gasteiger partial charge in [0.15, 0.2) is 0 Å². The van der Waals surface area contributed by atoms with Crippen molar-refractivity contribution in [3.8, 4) is 0 Å². The molecule has 0 N–H and O–H groups in total. The second kappa shape index (κ2) is 6.84. The van der Waals surface area contributed by atoms with Crippen LogP contribution < -0.4 is 15.9 Å². The molecule has 0 saturated heterocycles. The molecule has 116 valence electrons. The molecule has 4 heteroatoms. The summed E-state index contributed by atoms with van der Waals surface area (Å²) >= 11 is 14.5. The van der Waals surface area contributed by atoms with Crippen molar-refractivity contribution in [3.05, 3.63) is 91.0 Å². The summed E-state index contributed by atoms with van der Waals surface area (Å²) in [6.07, 6.45) is 0. The third kappa shape index (κ3) is 2.90. The molecule has 0 aliphatic carbocycles. The van der Waals surface area contributed by atoms with Gasteiger partial charge in [-0.15, -0.1) is 0 Å². The van der Waals surface area contributed by atoms with E-state index < -0.39 is 5.31 Å². The summed E-state index contributed by atoms with van der Waals surface area (Å²) in [4.78, 5) is 0. The van der Waals surface area contributed by atoms with Gasteiger partial charge < -0.3 is 0 Å². The standard InChI is InChI=1S/C18H15Cl2P.Pd/c19-21(20,16-10-4-1-5-11-16,17-12-6-2-7-13-17)18-14-8-3-9-15-18;/h1-15H;. The molecule has 0 unspecified atom stereocenters. The van der Waals surface area contributed by atoms with Crippen molar-refractivity contribution in [3.63, 3.8) is 0 Å². The summed E-state index contributed by atoms with van der Waals surface area (Å²) in [5, 5.41) is -0.543. The van der Waals surface area contributed by atoms with Crippen LogP contribution in [-0.2, 0) is 20.4 Å². The molecule has 0 atom stereocenters. The van der Waals surface area contributed by atoms with E-state index >= 15 is 0 Å². The van der Waals surface area contributed by atoms with E-state index in [0.717, 1.165) is 15.9 Å². The Morgan fingerprint density at radius 3 is 0.909 bits per heavy atom. The topological polar surface area (TPSA) is 0 Å². The van der Waals surface area contributed by atoms with E-state index in [0.29, 0.717) is 0 Å². The van der Waals surface area contributed by atoms with E-state index in [9.17, 15) is 0 Å². The minimum absolute atomic E-state index is 0. The Bertz CT molecular complexity index is 627. The van der Waals surface area contributed by atoms with Crippen LogP contribution in [0.25, 0.3) is 0 Å². The second-order valence-electron chi connectivity index (χ2n) is 4.91. The summed E-state index contributed by atoms with van der Waals surface area (Å²) < 4.78 is 0. The third-order valence-electron chi connectivity index (χ3n) is 3.63. The minimum atomic E-state index is -3.43. The summed E-state index contributed by atoms with van der Waals surface area (Å²) in [5.74, 6) is 0. The molecule has 0 radical (unpaired) electrons. The molecule has 22 heavy (non-hydrogen) atoms. The summed E-state index contributed by atoms with van der Waals surface area (Å²) in [5.41, 5.74) is 0. The summed E-state index contributed by atoms with van der Waals surface area (Å²) in [6.45, 7) is 0. The first-order chi connectivity index (χ1) is 10.1. The van der Waals surface area contributed by atoms with Crippen molar-refractivity contribution in [2.45, 2.75) is 0 Å². The van der Waals surface area contributed by atoms with Crippen LogP contribution in [-0.4, -0.2) is 0 Å². The zero-order valence-corrected chi connectivity index (χ0v) is 15.6. The van der Waals surface area contributed by atoms with Crippen molar-refractivity contribution in [1.29, 1.82) is 0 Å². The first-order valence-corrected chi connectivity index (χ1v) is 10.8. The van der Waals surface area contributed by atoms with Crippen molar-refractivity contribution >= 4 is 43.7 Å². The minimum Gasteiger partial charge on any atom is 0 e. The smallest absolute Gasteiger partial charge is 0 e. The van der Waals surface area contributed by atoms with Gasteiger partial charge in [0.25, 0.3) is 0 Å². The molecule has 0 spiro atoms. The summed E-state index contributed by atoms with van der Waals surface area (Å²) in [7, 11) is 0. The maximum atomic E-state index is 7.27. The van der Waals surface area contributed by atoms with Gasteiger partial charge in [-0.25, -0.2) is 0 Å². The second-order valence-corrected chi connectivity index (χ2v) is 12.9. The van der Waals surface area contributed by atoms with Crippen LogP contribution in [0.15, 0.2) is 91.0 Å². The van der Waals surface area contributed by atoms with Crippen molar-refractivity contribution in [1.82, 2.24) is 0 Å². The van der Waals surface area contributed by atoms with Gasteiger partial charge in [-0.1, -0.05) is 0 Å². The van der Waals surface area contributed by atoms with Crippen LogP contribution in [0, 0.1) is 0 Å². The Morgan fingerprint density at radius 1 is 0.455 bits per heavy atom. The van der Waals surface area contributed by atoms with Crippen LogP contribution in [0.3, 0.4) is 0 Å². The third-order valence-corrected chi connectivity index (χ3v) is 10.8. The predicted octanol–water partition coefficient (Wildman–Crippen LogP) is 4.82. The number of rotatable bonds is 3. The van der Waals surface area contributed by atoms with Crippen LogP contribution in [0.1, 0.15) is 0 Å². The fourth-order valence-electron chi connectivity index (χ4n) is 2.52. The molecule has 3 rings (SSSR count). The largest absolute Gasteiger partial charge is 0 e. The quantitative estimate of drug-likeness (QED) is 0.405. The maximum absolute atomic E-state index is 7.27. The molecule has 0 aromatic heterocycles. The van der Waals surface area contributed by atoms with Gasteiger partial charge in [-0.05, 0) is 0 Å². The molecule has 0 nitrogen and oxygen atoms in total. The molecule has 0 saturated carbocycles. The predicted molar refractivity (Wildman–Crippen MR) is 96.9 cm³/mol. The van der Waals surface area contributed by atoms with Crippen molar-refractivity contribution in [2.24, 2.45) is 0 Å². The number of halogens is 2. The van der Waals surface area contributed by atoms with Gasteiger partial charge in [0.1, 0.15) is 0 Å². The fraction of sp³-hybridized carbons (Fsp3) is 0. The number of benzene rings is 3. The molecule has 0 aliphatic heterocycles. The SMILES string of the molecule is ClP(Cl)(c1ccccc1)(c1ccccc1)c1ccccc1.[Pd]. The van der Waals surface area contributed by atoms with Gasteiger partial charge in [0.05, 0.1) is 0 Å². The number of hydrogen-bond donors (Lipinski definition) is 0. The van der Waals surface area contributed by atoms with E-state index in [1.807, 2.05) is 91.0 Å². The first kappa shape index (κ1) is 17.7. The van der Waals surface area contributed by atoms with E-state index in [4.69, 9.17) is 22.5 Å². The van der Waals surface area contributed by atoms with Crippen LogP contribution in [0.5, 0.6) is 0 Å². The Hall–Kier alpha value is -0.668. The first-order valence-electron chi connectivity index (χ1n) is 6.74. The van der Waals surface area contributed by atoms with E-state index in [2.05, 4.69) is 0 Å². The van der Waals surface area contributed by atoms with Crippen LogP contribution in [0.2, 0.25) is 0 Å². The monoisotopic (exact) mass is 438 g/mol. The fourth-order valence-corrected chi connectivity index (χ4v) is 7.53. The molecule has 0 amide bonds. The molecular weight excluding hydrogens is 424 g/mol. The van der Waals surface area contributed by atoms with Crippen LogP contribution >= 0.6 is 27.8 Å². The molecule has 0 fully saturated rings. The Kier molecular flexibility index (Phi) is 5.50. The molecule has 0 bridgehead atoms. The van der Waals surface area contributed by atoms with Gasteiger partial charge in [0, 0.05) is 20.4 Å². The van der Waals surface area contributed by atoms with Crippen molar-refractivity contribution in [2.75, 3.05) is 0 Å². The zero-order valence-electron chi connectivity index (χ0n) is 11.7. The average molecular weight is 440 g/mol. The molecule has 3 aromatic carbocycles. The summed E-state index contributed by atoms with van der Waals surface area (Å²) in [6, 6.07) is 29.9. The number of hydrogen-bond acceptors (Lipinski definition) is 0. The molecule has 0 heterocycles. The Labute approximate surface area is 154 Å². The Balaban J connectivity index is 0.00000176. The van der Waals surface area contributed by atoms with E-state index in [-0.39, 0.29) is 20.4 Å².